The van der Waals surface area contributed by atoms with Gasteiger partial charge in [-0.2, -0.15) is 0 Å². The van der Waals surface area contributed by atoms with Crippen molar-refractivity contribution in [3.63, 3.8) is 0 Å². The summed E-state index contributed by atoms with van der Waals surface area (Å²) in [5.74, 6) is 1.47. The molecule has 1 atom stereocenters. The molecule has 1 aromatic rings. The molecule has 1 N–H and O–H groups in total. The molecule has 0 unspecified atom stereocenters. The number of carbonyl (C=O) groups excluding carboxylic acids is 2. The highest BCUT2D eigenvalue weighted by molar-refractivity contribution is 5.87. The van der Waals surface area contributed by atoms with E-state index in [0.29, 0.717) is 12.3 Å². The van der Waals surface area contributed by atoms with E-state index in [2.05, 4.69) is 40.1 Å². The molecule has 7 heteroatoms. The summed E-state index contributed by atoms with van der Waals surface area (Å²) in [6, 6.07) is -0.452. The number of imidazole rings is 1. The molecular weight excluding hydrogens is 330 g/mol. The second kappa shape index (κ2) is 9.71. The lowest BCUT2D eigenvalue weighted by molar-refractivity contribution is -0.136. The van der Waals surface area contributed by atoms with Crippen molar-refractivity contribution in [2.24, 2.45) is 0 Å². The normalized spacial score (nSPS) is 16.7. The van der Waals surface area contributed by atoms with Crippen molar-refractivity contribution >= 4 is 11.8 Å². The highest BCUT2D eigenvalue weighted by atomic mass is 16.2. The molecule has 0 aromatic carbocycles. The molecule has 1 aliphatic heterocycles. The molecule has 0 radical (unpaired) electrons. The Morgan fingerprint density at radius 3 is 2.65 bits per heavy atom. The van der Waals surface area contributed by atoms with E-state index in [1.54, 1.807) is 13.8 Å². The summed E-state index contributed by atoms with van der Waals surface area (Å²) in [5, 5.41) is 2.76. The first kappa shape index (κ1) is 20.4. The minimum atomic E-state index is -0.452. The van der Waals surface area contributed by atoms with Crippen molar-refractivity contribution in [3.05, 3.63) is 18.2 Å². The lowest BCUT2D eigenvalue weighted by Gasteiger charge is -2.33. The zero-order chi connectivity index (χ0) is 19.1. The highest BCUT2D eigenvalue weighted by Gasteiger charge is 2.28. The Balaban J connectivity index is 1.86. The van der Waals surface area contributed by atoms with Gasteiger partial charge in [-0.3, -0.25) is 9.59 Å². The lowest BCUT2D eigenvalue weighted by Crippen LogP contribution is -2.49. The molecule has 2 amide bonds. The van der Waals surface area contributed by atoms with Gasteiger partial charge in [0, 0.05) is 44.4 Å². The van der Waals surface area contributed by atoms with Gasteiger partial charge in [-0.1, -0.05) is 6.92 Å². The summed E-state index contributed by atoms with van der Waals surface area (Å²) < 4.78 is 2.26. The molecule has 0 bridgehead atoms. The average Bonchev–Trinajstić information content (AvgIpc) is 3.09. The van der Waals surface area contributed by atoms with E-state index in [1.807, 2.05) is 11.1 Å². The van der Waals surface area contributed by atoms with Gasteiger partial charge in [0.25, 0.3) is 0 Å². The second-order valence-corrected chi connectivity index (χ2v) is 7.38. The van der Waals surface area contributed by atoms with Crippen molar-refractivity contribution in [1.82, 2.24) is 24.7 Å². The Labute approximate surface area is 156 Å². The van der Waals surface area contributed by atoms with Crippen LogP contribution in [0.25, 0.3) is 0 Å². The number of nitrogens with zero attached hydrogens (tertiary/aromatic N) is 4. The molecule has 1 fully saturated rings. The molecule has 26 heavy (non-hydrogen) atoms. The van der Waals surface area contributed by atoms with Crippen molar-refractivity contribution in [2.45, 2.75) is 58.0 Å². The third-order valence-electron chi connectivity index (χ3n) is 4.99. The van der Waals surface area contributed by atoms with Gasteiger partial charge in [0.05, 0.1) is 0 Å². The molecule has 0 spiro atoms. The van der Waals surface area contributed by atoms with E-state index in [9.17, 15) is 9.59 Å². The fourth-order valence-corrected chi connectivity index (χ4v) is 3.46. The van der Waals surface area contributed by atoms with Gasteiger partial charge in [0.1, 0.15) is 11.9 Å². The Morgan fingerprint density at radius 2 is 2.04 bits per heavy atom. The maximum atomic E-state index is 12.5. The Hall–Kier alpha value is -1.89. The first-order chi connectivity index (χ1) is 12.4. The average molecular weight is 364 g/mol. The van der Waals surface area contributed by atoms with Crippen molar-refractivity contribution in [1.29, 1.82) is 0 Å². The van der Waals surface area contributed by atoms with Gasteiger partial charge in [-0.15, -0.1) is 0 Å². The highest BCUT2D eigenvalue weighted by Crippen LogP contribution is 2.27. The minimum Gasteiger partial charge on any atom is -0.345 e. The van der Waals surface area contributed by atoms with Crippen LogP contribution < -0.4 is 5.32 Å². The topological polar surface area (TPSA) is 70.5 Å². The van der Waals surface area contributed by atoms with E-state index >= 15 is 0 Å². The van der Waals surface area contributed by atoms with Crippen LogP contribution >= 0.6 is 0 Å². The summed E-state index contributed by atoms with van der Waals surface area (Å²) in [6.07, 6.45) is 7.28. The number of aryl methyl sites for hydroxylation is 1. The molecule has 2 rings (SSSR count). The van der Waals surface area contributed by atoms with E-state index < -0.39 is 6.04 Å². The van der Waals surface area contributed by atoms with Crippen LogP contribution in [0, 0.1) is 0 Å². The van der Waals surface area contributed by atoms with Crippen LogP contribution in [0.2, 0.25) is 0 Å². The van der Waals surface area contributed by atoms with E-state index in [-0.39, 0.29) is 11.8 Å². The maximum absolute atomic E-state index is 12.5. The number of aromatic nitrogens is 2. The maximum Gasteiger partial charge on any atom is 0.244 e. The summed E-state index contributed by atoms with van der Waals surface area (Å²) in [4.78, 5) is 32.6. The van der Waals surface area contributed by atoms with Crippen molar-refractivity contribution in [2.75, 3.05) is 33.7 Å². The minimum absolute atomic E-state index is 0.0135. The standard InChI is InChI=1S/C19H33N5O2/c1-5-17(25)21-15(2)19(26)24-12-7-16(8-13-24)18-20-9-14-23(18)11-6-10-22(3)4/h9,14-16H,5-8,10-13H2,1-4H3,(H,21,25)/t15-/m0/s1. The molecular formula is C19H33N5O2. The zero-order valence-corrected chi connectivity index (χ0v) is 16.6. The summed E-state index contributed by atoms with van der Waals surface area (Å²) in [6.45, 7) is 7.04. The Kier molecular flexibility index (Phi) is 7.63. The van der Waals surface area contributed by atoms with Gasteiger partial charge in [0.2, 0.25) is 11.8 Å². The number of rotatable bonds is 8. The number of nitrogens with one attached hydrogen (secondary N) is 1. The van der Waals surface area contributed by atoms with E-state index in [0.717, 1.165) is 51.3 Å². The van der Waals surface area contributed by atoms with Gasteiger partial charge in [-0.05, 0) is 46.8 Å². The predicted octanol–water partition coefficient (Wildman–Crippen LogP) is 1.46. The van der Waals surface area contributed by atoms with Crippen molar-refractivity contribution in [3.8, 4) is 0 Å². The van der Waals surface area contributed by atoms with Crippen molar-refractivity contribution < 1.29 is 9.59 Å². The number of amides is 2. The van der Waals surface area contributed by atoms with Crippen LogP contribution in [-0.4, -0.2) is 70.9 Å². The first-order valence-corrected chi connectivity index (χ1v) is 9.66. The molecule has 2 heterocycles. The summed E-state index contributed by atoms with van der Waals surface area (Å²) in [7, 11) is 4.18. The molecule has 1 saturated heterocycles. The monoisotopic (exact) mass is 363 g/mol. The largest absolute Gasteiger partial charge is 0.345 e. The van der Waals surface area contributed by atoms with Crippen LogP contribution in [0.1, 0.15) is 51.3 Å². The SMILES string of the molecule is CCC(=O)N[C@@H](C)C(=O)N1CCC(c2nccn2CCCN(C)C)CC1. The van der Waals surface area contributed by atoms with Gasteiger partial charge >= 0.3 is 0 Å². The number of hydrogen-bond donors (Lipinski definition) is 1. The fraction of sp³-hybridized carbons (Fsp3) is 0.737. The third-order valence-corrected chi connectivity index (χ3v) is 4.99. The molecule has 146 valence electrons. The quantitative estimate of drug-likeness (QED) is 0.759. The predicted molar refractivity (Wildman–Crippen MR) is 102 cm³/mol. The van der Waals surface area contributed by atoms with Crippen LogP contribution in [0.4, 0.5) is 0 Å². The van der Waals surface area contributed by atoms with E-state index in [1.165, 1.54) is 0 Å². The smallest absolute Gasteiger partial charge is 0.244 e. The second-order valence-electron chi connectivity index (χ2n) is 7.38. The third kappa shape index (κ3) is 5.56. The molecule has 7 nitrogen and oxygen atoms in total. The lowest BCUT2D eigenvalue weighted by atomic mass is 9.95. The molecule has 0 aliphatic carbocycles. The van der Waals surface area contributed by atoms with Gasteiger partial charge in [0.15, 0.2) is 0 Å². The first-order valence-electron chi connectivity index (χ1n) is 9.66. The van der Waals surface area contributed by atoms with Crippen LogP contribution in [-0.2, 0) is 16.1 Å². The number of piperidine rings is 1. The fourth-order valence-electron chi connectivity index (χ4n) is 3.46. The molecule has 1 aromatic heterocycles. The summed E-state index contributed by atoms with van der Waals surface area (Å²) >= 11 is 0. The van der Waals surface area contributed by atoms with Gasteiger partial charge in [-0.25, -0.2) is 4.98 Å². The van der Waals surface area contributed by atoms with Gasteiger partial charge < -0.3 is 19.7 Å². The summed E-state index contributed by atoms with van der Waals surface area (Å²) in [5.41, 5.74) is 0. The van der Waals surface area contributed by atoms with Crippen LogP contribution in [0.3, 0.4) is 0 Å². The Morgan fingerprint density at radius 1 is 1.35 bits per heavy atom. The molecule has 1 aliphatic rings. The number of hydrogen-bond acceptors (Lipinski definition) is 4. The number of likely N-dealkylation sites (tertiary alicyclic amines) is 1. The Bertz CT molecular complexity index is 591. The van der Waals surface area contributed by atoms with E-state index in [4.69, 9.17) is 0 Å². The zero-order valence-electron chi connectivity index (χ0n) is 16.6. The molecule has 0 saturated carbocycles. The van der Waals surface area contributed by atoms with Crippen LogP contribution in [0.15, 0.2) is 12.4 Å². The van der Waals surface area contributed by atoms with Crippen LogP contribution in [0.5, 0.6) is 0 Å². The number of carbonyl (C=O) groups is 2.